The summed E-state index contributed by atoms with van der Waals surface area (Å²) >= 11 is 0. The zero-order valence-electron chi connectivity index (χ0n) is 16.2. The molecule has 4 rings (SSSR count). The van der Waals surface area contributed by atoms with Gasteiger partial charge in [0.15, 0.2) is 0 Å². The number of nitrogens with one attached hydrogen (secondary N) is 1. The Bertz CT molecular complexity index is 979. The van der Waals surface area contributed by atoms with Crippen LogP contribution in [0.2, 0.25) is 0 Å². The van der Waals surface area contributed by atoms with E-state index < -0.39 is 0 Å². The number of methoxy groups -OCH3 is 1. The van der Waals surface area contributed by atoms with E-state index in [4.69, 9.17) is 4.74 Å². The van der Waals surface area contributed by atoms with Crippen LogP contribution in [0, 0.1) is 0 Å². The number of hydrogen-bond acceptors (Lipinski definition) is 5. The predicted octanol–water partition coefficient (Wildman–Crippen LogP) is 3.37. The fraction of sp³-hybridized carbons (Fsp3) is 0.273. The maximum absolute atomic E-state index is 12.7. The van der Waals surface area contributed by atoms with E-state index in [1.54, 1.807) is 13.3 Å². The predicted molar refractivity (Wildman–Crippen MR) is 111 cm³/mol. The second kappa shape index (κ2) is 7.86. The Labute approximate surface area is 164 Å². The fourth-order valence-electron chi connectivity index (χ4n) is 3.41. The highest BCUT2D eigenvalue weighted by Crippen LogP contribution is 2.28. The van der Waals surface area contributed by atoms with E-state index in [2.05, 4.69) is 22.2 Å². The van der Waals surface area contributed by atoms with Crippen LogP contribution in [0.25, 0.3) is 10.9 Å². The van der Waals surface area contributed by atoms with Gasteiger partial charge in [-0.2, -0.15) is 0 Å². The van der Waals surface area contributed by atoms with Gasteiger partial charge in [-0.3, -0.25) is 9.78 Å². The fourth-order valence-corrected chi connectivity index (χ4v) is 3.41. The molecule has 0 radical (unpaired) electrons. The van der Waals surface area contributed by atoms with Crippen LogP contribution in [0.4, 0.5) is 11.4 Å². The van der Waals surface area contributed by atoms with Gasteiger partial charge < -0.3 is 19.9 Å². The number of carbonyl (C=O) groups is 1. The van der Waals surface area contributed by atoms with Crippen molar-refractivity contribution in [2.45, 2.75) is 0 Å². The van der Waals surface area contributed by atoms with Gasteiger partial charge in [0.25, 0.3) is 5.91 Å². The molecule has 28 heavy (non-hydrogen) atoms. The summed E-state index contributed by atoms with van der Waals surface area (Å²) in [6.45, 7) is 3.40. The molecule has 1 aliphatic heterocycles. The number of carbonyl (C=O) groups excluding carboxylic acids is 1. The van der Waals surface area contributed by atoms with Crippen molar-refractivity contribution >= 4 is 28.2 Å². The molecule has 1 saturated heterocycles. The summed E-state index contributed by atoms with van der Waals surface area (Å²) in [5.74, 6) is 0.885. The largest absolute Gasteiger partial charge is 0.497 e. The van der Waals surface area contributed by atoms with Gasteiger partial charge in [0.05, 0.1) is 12.6 Å². The lowest BCUT2D eigenvalue weighted by molar-refractivity contribution is 0.0664. The average molecular weight is 376 g/mol. The number of piperazine rings is 1. The first-order valence-electron chi connectivity index (χ1n) is 9.42. The van der Waals surface area contributed by atoms with Gasteiger partial charge >= 0.3 is 0 Å². The van der Waals surface area contributed by atoms with E-state index in [9.17, 15) is 4.79 Å². The number of aromatic nitrogens is 1. The third kappa shape index (κ3) is 3.77. The van der Waals surface area contributed by atoms with Gasteiger partial charge in [-0.25, -0.2) is 0 Å². The molecule has 1 amide bonds. The molecule has 3 aromatic rings. The molecule has 2 aromatic carbocycles. The standard InChI is InChI=1S/C22H24N4O2/c1-25-11-13-26(14-12-25)22(27)16-3-5-17(6-4-16)24-21-9-10-23-20-8-7-18(28-2)15-19(20)21/h3-10,15H,11-14H2,1-2H3,(H,23,24). The van der Waals surface area contributed by atoms with Crippen molar-refractivity contribution in [3.05, 3.63) is 60.3 Å². The normalized spacial score (nSPS) is 14.9. The Morgan fingerprint density at radius 1 is 1.04 bits per heavy atom. The number of pyridine rings is 1. The lowest BCUT2D eigenvalue weighted by atomic mass is 10.1. The van der Waals surface area contributed by atoms with Crippen molar-refractivity contribution in [2.24, 2.45) is 0 Å². The number of likely N-dealkylation sites (N-methyl/N-ethyl adjacent to an activating group) is 1. The van der Waals surface area contributed by atoms with E-state index in [0.717, 1.165) is 59.8 Å². The first-order valence-corrected chi connectivity index (χ1v) is 9.42. The Balaban J connectivity index is 1.52. The molecule has 2 heterocycles. The second-order valence-electron chi connectivity index (χ2n) is 7.04. The molecule has 1 N–H and O–H groups in total. The van der Waals surface area contributed by atoms with E-state index >= 15 is 0 Å². The number of nitrogens with zero attached hydrogens (tertiary/aromatic N) is 3. The Morgan fingerprint density at radius 3 is 2.50 bits per heavy atom. The first-order chi connectivity index (χ1) is 13.6. The number of hydrogen-bond donors (Lipinski definition) is 1. The summed E-state index contributed by atoms with van der Waals surface area (Å²) < 4.78 is 5.33. The van der Waals surface area contributed by atoms with Gasteiger partial charge in [0.2, 0.25) is 0 Å². The quantitative estimate of drug-likeness (QED) is 0.757. The Morgan fingerprint density at radius 2 is 1.79 bits per heavy atom. The summed E-state index contributed by atoms with van der Waals surface area (Å²) in [5.41, 5.74) is 3.48. The van der Waals surface area contributed by atoms with Crippen molar-refractivity contribution in [3.63, 3.8) is 0 Å². The molecule has 0 bridgehead atoms. The third-order valence-electron chi connectivity index (χ3n) is 5.15. The highest BCUT2D eigenvalue weighted by Gasteiger charge is 2.20. The molecule has 144 valence electrons. The van der Waals surface area contributed by atoms with Crippen molar-refractivity contribution < 1.29 is 9.53 Å². The smallest absolute Gasteiger partial charge is 0.253 e. The van der Waals surface area contributed by atoms with Gasteiger partial charge in [-0.1, -0.05) is 0 Å². The summed E-state index contributed by atoms with van der Waals surface area (Å²) in [5, 5.41) is 4.41. The van der Waals surface area contributed by atoms with Crippen LogP contribution in [0.1, 0.15) is 10.4 Å². The van der Waals surface area contributed by atoms with Gasteiger partial charge in [0.1, 0.15) is 5.75 Å². The molecular formula is C22H24N4O2. The summed E-state index contributed by atoms with van der Waals surface area (Å²) in [4.78, 5) is 21.3. The zero-order valence-corrected chi connectivity index (χ0v) is 16.2. The van der Waals surface area contributed by atoms with Crippen LogP contribution in [0.15, 0.2) is 54.7 Å². The molecule has 6 heteroatoms. The van der Waals surface area contributed by atoms with Crippen LogP contribution in [0.3, 0.4) is 0 Å². The molecule has 1 fully saturated rings. The van der Waals surface area contributed by atoms with Crippen LogP contribution in [-0.2, 0) is 0 Å². The van der Waals surface area contributed by atoms with E-state index in [-0.39, 0.29) is 5.91 Å². The molecule has 0 atom stereocenters. The van der Waals surface area contributed by atoms with E-state index in [0.29, 0.717) is 0 Å². The van der Waals surface area contributed by atoms with Crippen molar-refractivity contribution in [3.8, 4) is 5.75 Å². The van der Waals surface area contributed by atoms with Crippen LogP contribution >= 0.6 is 0 Å². The number of benzene rings is 2. The monoisotopic (exact) mass is 376 g/mol. The summed E-state index contributed by atoms with van der Waals surface area (Å²) in [6.07, 6.45) is 1.78. The van der Waals surface area contributed by atoms with Gasteiger partial charge in [-0.15, -0.1) is 0 Å². The highest BCUT2D eigenvalue weighted by atomic mass is 16.5. The maximum Gasteiger partial charge on any atom is 0.253 e. The lowest BCUT2D eigenvalue weighted by Gasteiger charge is -2.32. The number of rotatable bonds is 4. The molecule has 0 saturated carbocycles. The molecule has 0 aliphatic carbocycles. The maximum atomic E-state index is 12.7. The third-order valence-corrected chi connectivity index (χ3v) is 5.15. The lowest BCUT2D eigenvalue weighted by Crippen LogP contribution is -2.47. The van der Waals surface area contributed by atoms with Crippen molar-refractivity contribution in [1.82, 2.24) is 14.8 Å². The Kier molecular flexibility index (Phi) is 5.12. The molecular weight excluding hydrogens is 352 g/mol. The molecule has 0 spiro atoms. The van der Waals surface area contributed by atoms with Crippen LogP contribution in [0.5, 0.6) is 5.75 Å². The Hall–Kier alpha value is -3.12. The first kappa shape index (κ1) is 18.3. The molecule has 1 aromatic heterocycles. The summed E-state index contributed by atoms with van der Waals surface area (Å²) in [6, 6.07) is 15.4. The second-order valence-corrected chi connectivity index (χ2v) is 7.04. The zero-order chi connectivity index (χ0) is 19.5. The molecule has 0 unspecified atom stereocenters. The molecule has 1 aliphatic rings. The topological polar surface area (TPSA) is 57.7 Å². The summed E-state index contributed by atoms with van der Waals surface area (Å²) in [7, 11) is 3.74. The van der Waals surface area contributed by atoms with E-state index in [1.165, 1.54) is 0 Å². The van der Waals surface area contributed by atoms with E-state index in [1.807, 2.05) is 53.4 Å². The van der Waals surface area contributed by atoms with Crippen LogP contribution < -0.4 is 10.1 Å². The minimum atomic E-state index is 0.0961. The minimum Gasteiger partial charge on any atom is -0.497 e. The highest BCUT2D eigenvalue weighted by molar-refractivity contribution is 5.96. The number of fused-ring (bicyclic) bond motifs is 1. The molecule has 6 nitrogen and oxygen atoms in total. The van der Waals surface area contributed by atoms with Crippen LogP contribution in [-0.4, -0.2) is 61.0 Å². The number of anilines is 2. The SMILES string of the molecule is COc1ccc2nccc(Nc3ccc(C(=O)N4CCN(C)CC4)cc3)c2c1. The van der Waals surface area contributed by atoms with Gasteiger partial charge in [0, 0.05) is 54.7 Å². The van der Waals surface area contributed by atoms with Crippen molar-refractivity contribution in [1.29, 1.82) is 0 Å². The minimum absolute atomic E-state index is 0.0961. The number of ether oxygens (including phenoxy) is 1. The van der Waals surface area contributed by atoms with Gasteiger partial charge in [-0.05, 0) is 55.6 Å². The average Bonchev–Trinajstić information content (AvgIpc) is 2.74. The van der Waals surface area contributed by atoms with Crippen molar-refractivity contribution in [2.75, 3.05) is 45.7 Å². The number of amides is 1.